The van der Waals surface area contributed by atoms with Crippen LogP contribution in [0.3, 0.4) is 0 Å². The van der Waals surface area contributed by atoms with Gasteiger partial charge in [-0.3, -0.25) is 0 Å². The molecule has 6 aromatic carbocycles. The third kappa shape index (κ3) is 3.46. The van der Waals surface area contributed by atoms with E-state index >= 15 is 0 Å². The van der Waals surface area contributed by atoms with Gasteiger partial charge in [-0.25, -0.2) is 0 Å². The number of rotatable bonds is 3. The van der Waals surface area contributed by atoms with Crippen LogP contribution in [-0.4, -0.2) is 9.13 Å². The molecule has 3 heterocycles. The highest BCUT2D eigenvalue weighted by molar-refractivity contribution is 6.20. The Morgan fingerprint density at radius 2 is 1.29 bits per heavy atom. The molecule has 1 aliphatic rings. The molecule has 0 saturated carbocycles. The van der Waals surface area contributed by atoms with Crippen LogP contribution in [-0.2, 0) is 6.42 Å². The summed E-state index contributed by atoms with van der Waals surface area (Å²) in [6.07, 6.45) is 6.73. The molecule has 3 aromatic heterocycles. The smallest absolute Gasteiger partial charge is 0.143 e. The predicted molar refractivity (Wildman–Crippen MR) is 188 cm³/mol. The average Bonchev–Trinajstić information content (AvgIpc) is 3.76. The van der Waals surface area contributed by atoms with Crippen molar-refractivity contribution in [3.05, 3.63) is 151 Å². The van der Waals surface area contributed by atoms with E-state index < -0.39 is 0 Å². The molecule has 0 N–H and O–H groups in total. The summed E-state index contributed by atoms with van der Waals surface area (Å²) in [7, 11) is 0. The number of fused-ring (bicyclic) bond motifs is 10. The van der Waals surface area contributed by atoms with E-state index in [1.54, 1.807) is 0 Å². The topological polar surface area (TPSA) is 23.0 Å². The molecule has 212 valence electrons. The zero-order valence-electron chi connectivity index (χ0n) is 24.6. The Balaban J connectivity index is 1.22. The van der Waals surface area contributed by atoms with Crippen LogP contribution in [0.4, 0.5) is 0 Å². The first-order valence-corrected chi connectivity index (χ1v) is 15.7. The zero-order valence-corrected chi connectivity index (χ0v) is 24.6. The Morgan fingerprint density at radius 3 is 2.18 bits per heavy atom. The fourth-order valence-electron chi connectivity index (χ4n) is 7.66. The number of furan rings is 1. The molecular weight excluding hydrogens is 548 g/mol. The summed E-state index contributed by atoms with van der Waals surface area (Å²) in [6, 6.07) is 48.0. The summed E-state index contributed by atoms with van der Waals surface area (Å²) in [4.78, 5) is 0. The summed E-state index contributed by atoms with van der Waals surface area (Å²) >= 11 is 0. The average molecular weight is 577 g/mol. The minimum atomic E-state index is 0.925. The van der Waals surface area contributed by atoms with Crippen molar-refractivity contribution in [3.63, 3.8) is 0 Å². The Hall–Kier alpha value is -5.80. The van der Waals surface area contributed by atoms with Gasteiger partial charge in [0.15, 0.2) is 0 Å². The van der Waals surface area contributed by atoms with Crippen molar-refractivity contribution < 1.29 is 4.42 Å². The minimum Gasteiger partial charge on any atom is -0.455 e. The standard InChI is InChI=1S/C42H28N2O/c1-2-11-28(12-3-1)44-36-18-7-4-13-31(36)33-25-26-38-40(41(33)44)35-15-5-8-19-37(35)43(38)29-23-21-27(22-24-29)30-16-10-17-34-32-14-6-9-20-39(32)45-42(30)34/h1-7,9-18,20-26H,8,19H2. The minimum absolute atomic E-state index is 0.925. The summed E-state index contributed by atoms with van der Waals surface area (Å²) < 4.78 is 11.3. The molecular formula is C42H28N2O. The van der Waals surface area contributed by atoms with E-state index in [9.17, 15) is 0 Å². The molecule has 0 saturated heterocycles. The number of hydrogen-bond donors (Lipinski definition) is 0. The highest BCUT2D eigenvalue weighted by Crippen LogP contribution is 2.43. The molecule has 0 spiro atoms. The zero-order chi connectivity index (χ0) is 29.5. The molecule has 0 bridgehead atoms. The van der Waals surface area contributed by atoms with Crippen LogP contribution < -0.4 is 0 Å². The van der Waals surface area contributed by atoms with E-state index in [0.29, 0.717) is 0 Å². The Kier molecular flexibility index (Phi) is 5.11. The van der Waals surface area contributed by atoms with Crippen molar-refractivity contribution in [1.82, 2.24) is 9.13 Å². The van der Waals surface area contributed by atoms with Crippen LogP contribution >= 0.6 is 0 Å². The molecule has 0 fully saturated rings. The quantitative estimate of drug-likeness (QED) is 0.205. The maximum atomic E-state index is 6.37. The van der Waals surface area contributed by atoms with Crippen LogP contribution in [0, 0.1) is 0 Å². The molecule has 0 radical (unpaired) electrons. The van der Waals surface area contributed by atoms with E-state index in [0.717, 1.165) is 45.9 Å². The van der Waals surface area contributed by atoms with Crippen molar-refractivity contribution in [2.24, 2.45) is 0 Å². The van der Waals surface area contributed by atoms with E-state index in [1.165, 1.54) is 55.3 Å². The van der Waals surface area contributed by atoms with E-state index in [1.807, 2.05) is 12.1 Å². The summed E-state index contributed by atoms with van der Waals surface area (Å²) in [6.45, 7) is 0. The predicted octanol–water partition coefficient (Wildman–Crippen LogP) is 11.3. The van der Waals surface area contributed by atoms with Gasteiger partial charge in [-0.05, 0) is 60.9 Å². The maximum absolute atomic E-state index is 6.37. The lowest BCUT2D eigenvalue weighted by atomic mass is 10.0. The number of aromatic nitrogens is 2. The SMILES string of the molecule is C1=Cc2c(n(-c3ccc(-c4cccc5c4oc4ccccc45)cc3)c3ccc4c5ccccc5n(-c5ccccc5)c4c23)CC1. The Morgan fingerprint density at radius 1 is 0.533 bits per heavy atom. The third-order valence-electron chi connectivity index (χ3n) is 9.59. The second-order valence-corrected chi connectivity index (χ2v) is 12.0. The van der Waals surface area contributed by atoms with E-state index in [-0.39, 0.29) is 0 Å². The van der Waals surface area contributed by atoms with Gasteiger partial charge in [0, 0.05) is 55.1 Å². The lowest BCUT2D eigenvalue weighted by Crippen LogP contribution is -2.02. The van der Waals surface area contributed by atoms with Gasteiger partial charge in [0.25, 0.3) is 0 Å². The first-order valence-electron chi connectivity index (χ1n) is 15.7. The van der Waals surface area contributed by atoms with Gasteiger partial charge in [0.05, 0.1) is 16.6 Å². The number of nitrogens with zero attached hydrogens (tertiary/aromatic N) is 2. The molecule has 3 nitrogen and oxygen atoms in total. The van der Waals surface area contributed by atoms with Crippen LogP contribution in [0.5, 0.6) is 0 Å². The highest BCUT2D eigenvalue weighted by atomic mass is 16.3. The molecule has 0 atom stereocenters. The van der Waals surface area contributed by atoms with Gasteiger partial charge in [-0.2, -0.15) is 0 Å². The molecule has 10 rings (SSSR count). The van der Waals surface area contributed by atoms with Gasteiger partial charge >= 0.3 is 0 Å². The van der Waals surface area contributed by atoms with Gasteiger partial charge in [0.1, 0.15) is 11.2 Å². The monoisotopic (exact) mass is 576 g/mol. The normalized spacial score (nSPS) is 13.1. The van der Waals surface area contributed by atoms with Crippen molar-refractivity contribution in [1.29, 1.82) is 0 Å². The van der Waals surface area contributed by atoms with Crippen molar-refractivity contribution in [2.75, 3.05) is 0 Å². The number of allylic oxidation sites excluding steroid dienone is 1. The largest absolute Gasteiger partial charge is 0.455 e. The van der Waals surface area contributed by atoms with Gasteiger partial charge < -0.3 is 13.6 Å². The molecule has 9 aromatic rings. The summed E-state index contributed by atoms with van der Waals surface area (Å²) in [5.74, 6) is 0. The van der Waals surface area contributed by atoms with Gasteiger partial charge in [0.2, 0.25) is 0 Å². The molecule has 1 aliphatic carbocycles. The molecule has 45 heavy (non-hydrogen) atoms. The molecule has 0 amide bonds. The first-order chi connectivity index (χ1) is 22.3. The van der Waals surface area contributed by atoms with Gasteiger partial charge in [-0.1, -0.05) is 103 Å². The van der Waals surface area contributed by atoms with Crippen LogP contribution in [0.1, 0.15) is 17.7 Å². The summed E-state index contributed by atoms with van der Waals surface area (Å²) in [5.41, 5.74) is 12.9. The third-order valence-corrected chi connectivity index (χ3v) is 9.59. The fourth-order valence-corrected chi connectivity index (χ4v) is 7.66. The second-order valence-electron chi connectivity index (χ2n) is 12.0. The van der Waals surface area contributed by atoms with Crippen molar-refractivity contribution in [3.8, 4) is 22.5 Å². The van der Waals surface area contributed by atoms with Crippen molar-refractivity contribution >= 4 is 60.7 Å². The fraction of sp³-hybridized carbons (Fsp3) is 0.0476. The van der Waals surface area contributed by atoms with Crippen LogP contribution in [0.25, 0.3) is 83.2 Å². The van der Waals surface area contributed by atoms with Crippen LogP contribution in [0.15, 0.2) is 144 Å². The lowest BCUT2D eigenvalue weighted by molar-refractivity contribution is 0.670. The molecule has 0 aliphatic heterocycles. The lowest BCUT2D eigenvalue weighted by Gasteiger charge is -2.14. The van der Waals surface area contributed by atoms with Crippen molar-refractivity contribution in [2.45, 2.75) is 12.8 Å². The first kappa shape index (κ1) is 24.6. The molecule has 0 unspecified atom stereocenters. The van der Waals surface area contributed by atoms with Crippen LogP contribution in [0.2, 0.25) is 0 Å². The Bertz CT molecular complexity index is 2630. The second kappa shape index (κ2) is 9.35. The summed E-state index contributed by atoms with van der Waals surface area (Å²) in [5, 5.41) is 6.19. The number of para-hydroxylation sites is 4. The van der Waals surface area contributed by atoms with E-state index in [2.05, 4.69) is 143 Å². The van der Waals surface area contributed by atoms with E-state index in [4.69, 9.17) is 4.42 Å². The Labute approximate surface area is 259 Å². The molecule has 3 heteroatoms. The number of benzene rings is 6. The maximum Gasteiger partial charge on any atom is 0.143 e. The van der Waals surface area contributed by atoms with Gasteiger partial charge in [-0.15, -0.1) is 0 Å². The highest BCUT2D eigenvalue weighted by Gasteiger charge is 2.24. The number of hydrogen-bond acceptors (Lipinski definition) is 1.